The number of nitrogens with zero attached hydrogens (tertiary/aromatic N) is 1. The monoisotopic (exact) mass is 331 g/mol. The van der Waals surface area contributed by atoms with E-state index in [0.29, 0.717) is 6.42 Å². The first-order chi connectivity index (χ1) is 9.90. The molecule has 0 radical (unpaired) electrons. The van der Waals surface area contributed by atoms with Crippen LogP contribution in [0.5, 0.6) is 0 Å². The lowest BCUT2D eigenvalue weighted by Crippen LogP contribution is -2.25. The predicted molar refractivity (Wildman–Crippen MR) is 78.2 cm³/mol. The largest absolute Gasteiger partial charge is 0.283 e. The van der Waals surface area contributed by atoms with Crippen molar-refractivity contribution in [1.82, 2.24) is 14.9 Å². The standard InChI is InChI=1S/C13H15ClFN3O2S/c1-9-10(8-16-18-9)3-2-6-17-21(19,20)11-4-5-13(15)12(14)7-11/h4-5,7-8,17H,2-3,6H2,1H3,(H,16,18). The van der Waals surface area contributed by atoms with Gasteiger partial charge in [0.2, 0.25) is 10.0 Å². The van der Waals surface area contributed by atoms with E-state index in [4.69, 9.17) is 11.6 Å². The van der Waals surface area contributed by atoms with E-state index in [0.717, 1.165) is 29.8 Å². The lowest BCUT2D eigenvalue weighted by molar-refractivity contribution is 0.578. The number of H-pyrrole nitrogens is 1. The molecule has 0 amide bonds. The molecule has 0 saturated carbocycles. The van der Waals surface area contributed by atoms with Crippen molar-refractivity contribution in [2.24, 2.45) is 0 Å². The highest BCUT2D eigenvalue weighted by Crippen LogP contribution is 2.19. The second-order valence-corrected chi connectivity index (χ2v) is 6.77. The smallest absolute Gasteiger partial charge is 0.240 e. The zero-order valence-electron chi connectivity index (χ0n) is 11.4. The van der Waals surface area contributed by atoms with Gasteiger partial charge >= 0.3 is 0 Å². The topological polar surface area (TPSA) is 74.8 Å². The Morgan fingerprint density at radius 3 is 2.81 bits per heavy atom. The van der Waals surface area contributed by atoms with E-state index in [9.17, 15) is 12.8 Å². The average Bonchev–Trinajstić information content (AvgIpc) is 2.83. The van der Waals surface area contributed by atoms with Gasteiger partial charge in [-0.15, -0.1) is 0 Å². The van der Waals surface area contributed by atoms with E-state index >= 15 is 0 Å². The van der Waals surface area contributed by atoms with E-state index in [2.05, 4.69) is 14.9 Å². The summed E-state index contributed by atoms with van der Waals surface area (Å²) in [6.07, 6.45) is 3.08. The van der Waals surface area contributed by atoms with Gasteiger partial charge in [0.05, 0.1) is 16.1 Å². The molecule has 2 aromatic rings. The van der Waals surface area contributed by atoms with Gasteiger partial charge in [0, 0.05) is 12.2 Å². The molecule has 8 heteroatoms. The second-order valence-electron chi connectivity index (χ2n) is 4.60. The Hall–Kier alpha value is -1.44. The molecule has 1 aromatic carbocycles. The SMILES string of the molecule is Cc1[nH]ncc1CCCNS(=O)(=O)c1ccc(F)c(Cl)c1. The van der Waals surface area contributed by atoms with Crippen molar-refractivity contribution in [2.45, 2.75) is 24.7 Å². The summed E-state index contributed by atoms with van der Waals surface area (Å²) < 4.78 is 39.5. The van der Waals surface area contributed by atoms with Crippen molar-refractivity contribution in [3.63, 3.8) is 0 Å². The number of sulfonamides is 1. The molecule has 0 aliphatic heterocycles. The minimum atomic E-state index is -3.68. The molecule has 114 valence electrons. The molecule has 0 bridgehead atoms. The third-order valence-electron chi connectivity index (χ3n) is 3.05. The van der Waals surface area contributed by atoms with E-state index in [1.807, 2.05) is 6.92 Å². The highest BCUT2D eigenvalue weighted by molar-refractivity contribution is 7.89. The van der Waals surface area contributed by atoms with Crippen molar-refractivity contribution in [2.75, 3.05) is 6.54 Å². The highest BCUT2D eigenvalue weighted by atomic mass is 35.5. The van der Waals surface area contributed by atoms with Crippen molar-refractivity contribution in [3.8, 4) is 0 Å². The maximum absolute atomic E-state index is 13.0. The summed E-state index contributed by atoms with van der Waals surface area (Å²) in [5.41, 5.74) is 2.03. The molecule has 0 saturated heterocycles. The third-order valence-corrected chi connectivity index (χ3v) is 4.80. The van der Waals surface area contributed by atoms with Crippen LogP contribution in [0.1, 0.15) is 17.7 Å². The summed E-state index contributed by atoms with van der Waals surface area (Å²) in [5.74, 6) is -0.647. The Morgan fingerprint density at radius 1 is 1.43 bits per heavy atom. The Morgan fingerprint density at radius 2 is 2.19 bits per heavy atom. The van der Waals surface area contributed by atoms with Crippen LogP contribution >= 0.6 is 11.6 Å². The maximum atomic E-state index is 13.0. The molecule has 1 aromatic heterocycles. The van der Waals surface area contributed by atoms with Gasteiger partial charge in [0.1, 0.15) is 5.82 Å². The van der Waals surface area contributed by atoms with Gasteiger partial charge in [-0.05, 0) is 43.5 Å². The summed E-state index contributed by atoms with van der Waals surface area (Å²) in [5, 5.41) is 6.51. The quantitative estimate of drug-likeness (QED) is 0.798. The van der Waals surface area contributed by atoms with Crippen LogP contribution < -0.4 is 4.72 Å². The molecule has 1 heterocycles. The number of nitrogens with one attached hydrogen (secondary N) is 2. The predicted octanol–water partition coefficient (Wildman–Crippen LogP) is 2.42. The zero-order chi connectivity index (χ0) is 15.5. The molecular weight excluding hydrogens is 317 g/mol. The second kappa shape index (κ2) is 6.55. The molecule has 0 unspecified atom stereocenters. The van der Waals surface area contributed by atoms with Gasteiger partial charge in [-0.1, -0.05) is 11.6 Å². The van der Waals surface area contributed by atoms with E-state index in [1.54, 1.807) is 6.20 Å². The molecule has 2 N–H and O–H groups in total. The van der Waals surface area contributed by atoms with E-state index in [-0.39, 0.29) is 16.5 Å². The van der Waals surface area contributed by atoms with Crippen LogP contribution in [0, 0.1) is 12.7 Å². The fourth-order valence-corrected chi connectivity index (χ4v) is 3.19. The number of rotatable bonds is 6. The fraction of sp³-hybridized carbons (Fsp3) is 0.308. The summed E-state index contributed by atoms with van der Waals surface area (Å²) in [6.45, 7) is 2.19. The average molecular weight is 332 g/mol. The number of aromatic nitrogens is 2. The summed E-state index contributed by atoms with van der Waals surface area (Å²) in [7, 11) is -3.68. The first-order valence-electron chi connectivity index (χ1n) is 6.34. The molecule has 0 atom stereocenters. The van der Waals surface area contributed by atoms with Crippen LogP contribution in [0.3, 0.4) is 0 Å². The van der Waals surface area contributed by atoms with Crippen molar-refractivity contribution < 1.29 is 12.8 Å². The lowest BCUT2D eigenvalue weighted by atomic mass is 10.1. The summed E-state index contributed by atoms with van der Waals surface area (Å²) >= 11 is 5.59. The fourth-order valence-electron chi connectivity index (χ4n) is 1.84. The van der Waals surface area contributed by atoms with Crippen LogP contribution in [0.25, 0.3) is 0 Å². The Labute approximate surface area is 127 Å². The van der Waals surface area contributed by atoms with E-state index < -0.39 is 15.8 Å². The molecule has 0 aliphatic rings. The Bertz CT molecular complexity index is 731. The van der Waals surface area contributed by atoms with Crippen LogP contribution in [-0.4, -0.2) is 25.2 Å². The minimum absolute atomic E-state index is 0.0478. The van der Waals surface area contributed by atoms with Crippen molar-refractivity contribution in [3.05, 3.63) is 46.5 Å². The molecule has 0 fully saturated rings. The number of halogens is 2. The van der Waals surface area contributed by atoms with Crippen molar-refractivity contribution >= 4 is 21.6 Å². The first-order valence-corrected chi connectivity index (χ1v) is 8.20. The number of aryl methyl sites for hydroxylation is 2. The Kier molecular flexibility index (Phi) is 4.97. The van der Waals surface area contributed by atoms with Crippen molar-refractivity contribution in [1.29, 1.82) is 0 Å². The number of aromatic amines is 1. The first kappa shape index (κ1) is 15.9. The van der Waals surface area contributed by atoms with E-state index in [1.165, 1.54) is 6.07 Å². The molecular formula is C13H15ClFN3O2S. The lowest BCUT2D eigenvalue weighted by Gasteiger charge is -2.07. The number of hydrogen-bond acceptors (Lipinski definition) is 3. The molecule has 21 heavy (non-hydrogen) atoms. The summed E-state index contributed by atoms with van der Waals surface area (Å²) in [4.78, 5) is -0.0478. The third kappa shape index (κ3) is 4.03. The van der Waals surface area contributed by atoms with Crippen LogP contribution in [0.4, 0.5) is 4.39 Å². The summed E-state index contributed by atoms with van der Waals surface area (Å²) in [6, 6.07) is 3.31. The normalized spacial score (nSPS) is 11.8. The van der Waals surface area contributed by atoms with Crippen LogP contribution in [-0.2, 0) is 16.4 Å². The molecule has 5 nitrogen and oxygen atoms in total. The van der Waals surface area contributed by atoms with Crippen LogP contribution in [0.2, 0.25) is 5.02 Å². The van der Waals surface area contributed by atoms with Gasteiger partial charge in [0.15, 0.2) is 0 Å². The number of hydrogen-bond donors (Lipinski definition) is 2. The minimum Gasteiger partial charge on any atom is -0.283 e. The van der Waals surface area contributed by atoms with Gasteiger partial charge in [0.25, 0.3) is 0 Å². The van der Waals surface area contributed by atoms with Crippen LogP contribution in [0.15, 0.2) is 29.3 Å². The maximum Gasteiger partial charge on any atom is 0.240 e. The van der Waals surface area contributed by atoms with Gasteiger partial charge < -0.3 is 0 Å². The Balaban J connectivity index is 1.92. The van der Waals surface area contributed by atoms with Gasteiger partial charge in [-0.3, -0.25) is 5.10 Å². The van der Waals surface area contributed by atoms with Gasteiger partial charge in [-0.25, -0.2) is 17.5 Å². The molecule has 0 aliphatic carbocycles. The van der Waals surface area contributed by atoms with Gasteiger partial charge in [-0.2, -0.15) is 5.10 Å². The highest BCUT2D eigenvalue weighted by Gasteiger charge is 2.15. The molecule has 2 rings (SSSR count). The number of benzene rings is 1. The molecule has 0 spiro atoms. The zero-order valence-corrected chi connectivity index (χ0v) is 12.9.